The normalized spacial score (nSPS) is 35.6. The lowest BCUT2D eigenvalue weighted by Gasteiger charge is -2.34. The average Bonchev–Trinajstić information content (AvgIpc) is 2.62. The van der Waals surface area contributed by atoms with Gasteiger partial charge in [-0.15, -0.1) is 0 Å². The molecular weight excluding hydrogens is 186 g/mol. The molecule has 15 heavy (non-hydrogen) atoms. The monoisotopic (exact) mass is 211 g/mol. The van der Waals surface area contributed by atoms with Crippen molar-refractivity contribution in [1.82, 2.24) is 5.32 Å². The molecule has 2 rings (SSSR count). The second-order valence-corrected chi connectivity index (χ2v) is 5.68. The lowest BCUT2D eigenvalue weighted by atomic mass is 9.84. The first-order valence-electron chi connectivity index (χ1n) is 6.65. The van der Waals surface area contributed by atoms with Gasteiger partial charge >= 0.3 is 0 Å². The molecule has 0 aromatic heterocycles. The van der Waals surface area contributed by atoms with Gasteiger partial charge in [-0.05, 0) is 31.6 Å². The Hall–Kier alpha value is -0.0800. The first-order chi connectivity index (χ1) is 7.20. The maximum atomic E-state index is 10.4. The van der Waals surface area contributed by atoms with Crippen molar-refractivity contribution in [3.63, 3.8) is 0 Å². The van der Waals surface area contributed by atoms with E-state index < -0.39 is 0 Å². The van der Waals surface area contributed by atoms with Crippen molar-refractivity contribution in [3.05, 3.63) is 0 Å². The quantitative estimate of drug-likeness (QED) is 0.751. The molecule has 2 atom stereocenters. The minimum atomic E-state index is -0.388. The second-order valence-electron chi connectivity index (χ2n) is 5.68. The molecule has 0 aliphatic heterocycles. The van der Waals surface area contributed by atoms with E-state index in [0.29, 0.717) is 6.04 Å². The molecule has 2 fully saturated rings. The Morgan fingerprint density at radius 3 is 2.47 bits per heavy atom. The van der Waals surface area contributed by atoms with Crippen LogP contribution in [0.5, 0.6) is 0 Å². The maximum Gasteiger partial charge on any atom is 0.0771 e. The van der Waals surface area contributed by atoms with Crippen molar-refractivity contribution in [3.8, 4) is 0 Å². The molecule has 2 nitrogen and oxygen atoms in total. The van der Waals surface area contributed by atoms with Gasteiger partial charge in [0, 0.05) is 12.6 Å². The summed E-state index contributed by atoms with van der Waals surface area (Å²) in [6, 6.07) is 0.663. The van der Waals surface area contributed by atoms with Crippen LogP contribution in [0.4, 0.5) is 0 Å². The van der Waals surface area contributed by atoms with Crippen LogP contribution in [0.3, 0.4) is 0 Å². The van der Waals surface area contributed by atoms with E-state index in [4.69, 9.17) is 0 Å². The fraction of sp³-hybridized carbons (Fsp3) is 1.00. The van der Waals surface area contributed by atoms with Gasteiger partial charge in [0.1, 0.15) is 0 Å². The molecule has 2 saturated carbocycles. The molecule has 0 spiro atoms. The second kappa shape index (κ2) is 4.84. The standard InChI is InChI=1S/C13H25NO/c1-11-6-5-7-12(11)14-10-13(15)8-3-2-4-9-13/h11-12,14-15H,2-10H2,1H3/t11-,12+/m0/s1. The first kappa shape index (κ1) is 11.4. The summed E-state index contributed by atoms with van der Waals surface area (Å²) >= 11 is 0. The molecule has 0 unspecified atom stereocenters. The van der Waals surface area contributed by atoms with E-state index in [0.717, 1.165) is 25.3 Å². The summed E-state index contributed by atoms with van der Waals surface area (Å²) in [4.78, 5) is 0. The highest BCUT2D eigenvalue weighted by Crippen LogP contribution is 2.29. The van der Waals surface area contributed by atoms with Crippen LogP contribution in [-0.2, 0) is 0 Å². The van der Waals surface area contributed by atoms with Crippen molar-refractivity contribution in [2.45, 2.75) is 69.9 Å². The molecule has 2 heteroatoms. The Morgan fingerprint density at radius 1 is 1.13 bits per heavy atom. The maximum absolute atomic E-state index is 10.4. The van der Waals surface area contributed by atoms with Crippen LogP contribution < -0.4 is 5.32 Å². The van der Waals surface area contributed by atoms with Gasteiger partial charge in [0.2, 0.25) is 0 Å². The average molecular weight is 211 g/mol. The van der Waals surface area contributed by atoms with Crippen molar-refractivity contribution in [2.75, 3.05) is 6.54 Å². The van der Waals surface area contributed by atoms with Crippen LogP contribution in [0.15, 0.2) is 0 Å². The number of hydrogen-bond donors (Lipinski definition) is 2. The zero-order valence-corrected chi connectivity index (χ0v) is 9.97. The molecule has 0 saturated heterocycles. The summed E-state index contributed by atoms with van der Waals surface area (Å²) in [5.74, 6) is 0.803. The van der Waals surface area contributed by atoms with Crippen molar-refractivity contribution < 1.29 is 5.11 Å². The van der Waals surface area contributed by atoms with Crippen LogP contribution in [0.1, 0.15) is 58.3 Å². The Bertz CT molecular complexity index is 199. The minimum Gasteiger partial charge on any atom is -0.389 e. The third kappa shape index (κ3) is 2.94. The minimum absolute atomic E-state index is 0.388. The molecule has 0 bridgehead atoms. The molecule has 2 aliphatic rings. The Balaban J connectivity index is 1.76. The first-order valence-corrected chi connectivity index (χ1v) is 6.65. The predicted octanol–water partition coefficient (Wildman–Crippen LogP) is 2.46. The third-order valence-corrected chi connectivity index (χ3v) is 4.34. The number of rotatable bonds is 3. The highest BCUT2D eigenvalue weighted by molar-refractivity contribution is 4.88. The van der Waals surface area contributed by atoms with Crippen LogP contribution in [0, 0.1) is 5.92 Å². The number of nitrogens with one attached hydrogen (secondary N) is 1. The lowest BCUT2D eigenvalue weighted by Crippen LogP contribution is -2.46. The Kier molecular flexibility index (Phi) is 3.68. The van der Waals surface area contributed by atoms with Gasteiger partial charge < -0.3 is 10.4 Å². The Morgan fingerprint density at radius 2 is 1.87 bits per heavy atom. The van der Waals surface area contributed by atoms with Gasteiger partial charge in [-0.3, -0.25) is 0 Å². The molecule has 0 aromatic carbocycles. The van der Waals surface area contributed by atoms with E-state index in [1.807, 2.05) is 0 Å². The van der Waals surface area contributed by atoms with Crippen molar-refractivity contribution in [1.29, 1.82) is 0 Å². The van der Waals surface area contributed by atoms with Crippen LogP contribution >= 0.6 is 0 Å². The highest BCUT2D eigenvalue weighted by atomic mass is 16.3. The van der Waals surface area contributed by atoms with Gasteiger partial charge in [-0.2, -0.15) is 0 Å². The van der Waals surface area contributed by atoms with Gasteiger partial charge in [-0.1, -0.05) is 32.6 Å². The zero-order valence-electron chi connectivity index (χ0n) is 9.97. The van der Waals surface area contributed by atoms with E-state index in [9.17, 15) is 5.11 Å². The third-order valence-electron chi connectivity index (χ3n) is 4.34. The zero-order chi connectivity index (χ0) is 10.7. The van der Waals surface area contributed by atoms with Gasteiger partial charge in [0.25, 0.3) is 0 Å². The number of hydrogen-bond acceptors (Lipinski definition) is 2. The predicted molar refractivity (Wildman–Crippen MR) is 62.8 cm³/mol. The van der Waals surface area contributed by atoms with E-state index >= 15 is 0 Å². The Labute approximate surface area is 93.5 Å². The summed E-state index contributed by atoms with van der Waals surface area (Å²) in [5, 5.41) is 13.9. The molecule has 0 heterocycles. The molecule has 88 valence electrons. The van der Waals surface area contributed by atoms with E-state index in [-0.39, 0.29) is 5.60 Å². The van der Waals surface area contributed by atoms with E-state index in [2.05, 4.69) is 12.2 Å². The molecular formula is C13H25NO. The summed E-state index contributed by atoms with van der Waals surface area (Å²) in [5.41, 5.74) is -0.388. The van der Waals surface area contributed by atoms with Gasteiger partial charge in [-0.25, -0.2) is 0 Å². The van der Waals surface area contributed by atoms with E-state index in [1.54, 1.807) is 0 Å². The van der Waals surface area contributed by atoms with Crippen LogP contribution in [-0.4, -0.2) is 23.3 Å². The molecule has 0 aromatic rings. The number of aliphatic hydroxyl groups is 1. The highest BCUT2D eigenvalue weighted by Gasteiger charge is 2.31. The van der Waals surface area contributed by atoms with Crippen LogP contribution in [0.25, 0.3) is 0 Å². The van der Waals surface area contributed by atoms with Crippen LogP contribution in [0.2, 0.25) is 0 Å². The summed E-state index contributed by atoms with van der Waals surface area (Å²) in [7, 11) is 0. The van der Waals surface area contributed by atoms with Crippen molar-refractivity contribution in [2.24, 2.45) is 5.92 Å². The fourth-order valence-electron chi connectivity index (χ4n) is 3.16. The molecule has 0 radical (unpaired) electrons. The molecule has 0 amide bonds. The van der Waals surface area contributed by atoms with Gasteiger partial charge in [0.15, 0.2) is 0 Å². The fourth-order valence-corrected chi connectivity index (χ4v) is 3.16. The molecule has 2 aliphatic carbocycles. The lowest BCUT2D eigenvalue weighted by molar-refractivity contribution is 0.00187. The topological polar surface area (TPSA) is 32.3 Å². The summed E-state index contributed by atoms with van der Waals surface area (Å²) in [6.07, 6.45) is 9.74. The summed E-state index contributed by atoms with van der Waals surface area (Å²) < 4.78 is 0. The smallest absolute Gasteiger partial charge is 0.0771 e. The van der Waals surface area contributed by atoms with E-state index in [1.165, 1.54) is 38.5 Å². The summed E-state index contributed by atoms with van der Waals surface area (Å²) in [6.45, 7) is 3.15. The SMILES string of the molecule is C[C@H]1CCC[C@H]1NCC1(O)CCCCC1. The van der Waals surface area contributed by atoms with Crippen molar-refractivity contribution >= 4 is 0 Å². The van der Waals surface area contributed by atoms with Gasteiger partial charge in [0.05, 0.1) is 5.60 Å². The molecule has 2 N–H and O–H groups in total. The largest absolute Gasteiger partial charge is 0.389 e.